The molecule has 5 nitrogen and oxygen atoms in total. The van der Waals surface area contributed by atoms with Crippen molar-refractivity contribution in [1.29, 1.82) is 0 Å². The van der Waals surface area contributed by atoms with E-state index >= 15 is 0 Å². The Balaban J connectivity index is 2.35. The van der Waals surface area contributed by atoms with Crippen molar-refractivity contribution in [1.82, 2.24) is 10.2 Å². The summed E-state index contributed by atoms with van der Waals surface area (Å²) < 4.78 is 0. The number of carboxylic acids is 1. The van der Waals surface area contributed by atoms with E-state index < -0.39 is 11.4 Å². The lowest BCUT2D eigenvalue weighted by Gasteiger charge is -2.44. The van der Waals surface area contributed by atoms with Crippen molar-refractivity contribution in [3.8, 4) is 0 Å². The predicted molar refractivity (Wildman–Crippen MR) is 60.2 cm³/mol. The maximum atomic E-state index is 11.6. The van der Waals surface area contributed by atoms with E-state index in [9.17, 15) is 9.59 Å². The highest BCUT2D eigenvalue weighted by Gasteiger charge is 2.47. The van der Waals surface area contributed by atoms with Crippen molar-refractivity contribution in [2.24, 2.45) is 5.41 Å². The van der Waals surface area contributed by atoms with E-state index in [2.05, 4.69) is 12.2 Å². The van der Waals surface area contributed by atoms with Gasteiger partial charge in [-0.15, -0.1) is 0 Å². The van der Waals surface area contributed by atoms with Crippen molar-refractivity contribution in [3.05, 3.63) is 0 Å². The molecule has 0 unspecified atom stereocenters. The molecule has 1 heterocycles. The van der Waals surface area contributed by atoms with Crippen LogP contribution in [0.1, 0.15) is 33.6 Å². The molecule has 0 aromatic carbocycles. The number of amides is 2. The fraction of sp³-hybridized carbons (Fsp3) is 0.818. The number of hydrogen-bond acceptors (Lipinski definition) is 2. The molecule has 2 amide bonds. The summed E-state index contributed by atoms with van der Waals surface area (Å²) in [7, 11) is 0. The van der Waals surface area contributed by atoms with E-state index in [1.807, 2.05) is 6.92 Å². The summed E-state index contributed by atoms with van der Waals surface area (Å²) in [5.74, 6) is -0.835. The maximum Gasteiger partial charge on any atom is 0.317 e. The van der Waals surface area contributed by atoms with Crippen LogP contribution >= 0.6 is 0 Å². The quantitative estimate of drug-likeness (QED) is 0.761. The topological polar surface area (TPSA) is 69.6 Å². The van der Waals surface area contributed by atoms with Crippen LogP contribution in [0.5, 0.6) is 0 Å². The van der Waals surface area contributed by atoms with E-state index in [1.54, 1.807) is 11.8 Å². The first-order chi connectivity index (χ1) is 7.39. The van der Waals surface area contributed by atoms with Crippen LogP contribution in [0.3, 0.4) is 0 Å². The van der Waals surface area contributed by atoms with Crippen LogP contribution in [0.4, 0.5) is 4.79 Å². The van der Waals surface area contributed by atoms with Gasteiger partial charge in [0.05, 0.1) is 0 Å². The Morgan fingerprint density at radius 2 is 2.06 bits per heavy atom. The summed E-state index contributed by atoms with van der Waals surface area (Å²) >= 11 is 0. The molecule has 0 bridgehead atoms. The number of nitrogens with zero attached hydrogens (tertiary/aromatic N) is 1. The first kappa shape index (κ1) is 12.8. The largest absolute Gasteiger partial charge is 0.481 e. The molecule has 0 aromatic heterocycles. The molecule has 1 aliphatic rings. The van der Waals surface area contributed by atoms with Crippen LogP contribution in [0.15, 0.2) is 0 Å². The lowest BCUT2D eigenvalue weighted by molar-refractivity contribution is -0.155. The van der Waals surface area contributed by atoms with Gasteiger partial charge in [-0.2, -0.15) is 0 Å². The monoisotopic (exact) mass is 228 g/mol. The first-order valence-electron chi connectivity index (χ1n) is 5.68. The van der Waals surface area contributed by atoms with E-state index in [1.165, 1.54) is 0 Å². The van der Waals surface area contributed by atoms with Gasteiger partial charge in [0.15, 0.2) is 0 Å². The Morgan fingerprint density at radius 3 is 2.50 bits per heavy atom. The average molecular weight is 228 g/mol. The van der Waals surface area contributed by atoms with E-state index in [4.69, 9.17) is 5.11 Å². The maximum absolute atomic E-state index is 11.6. The summed E-state index contributed by atoms with van der Waals surface area (Å²) in [5.41, 5.74) is -0.759. The molecule has 1 atom stereocenters. The number of carbonyl (C=O) groups excluding carboxylic acids is 1. The van der Waals surface area contributed by atoms with Gasteiger partial charge in [-0.25, -0.2) is 4.79 Å². The summed E-state index contributed by atoms with van der Waals surface area (Å²) in [6, 6.07) is -0.00569. The lowest BCUT2D eigenvalue weighted by atomic mass is 9.82. The molecule has 0 saturated carbocycles. The normalized spacial score (nSPS) is 19.8. The fourth-order valence-corrected chi connectivity index (χ4v) is 1.88. The molecule has 1 rings (SSSR count). The highest BCUT2D eigenvalue weighted by molar-refractivity contribution is 5.82. The van der Waals surface area contributed by atoms with Crippen LogP contribution in [0, 0.1) is 5.41 Å². The molecular weight excluding hydrogens is 208 g/mol. The van der Waals surface area contributed by atoms with Gasteiger partial charge in [-0.1, -0.05) is 13.3 Å². The number of aliphatic carboxylic acids is 1. The van der Waals surface area contributed by atoms with Gasteiger partial charge in [0.2, 0.25) is 0 Å². The second-order valence-corrected chi connectivity index (χ2v) is 4.86. The Hall–Kier alpha value is -1.26. The number of carboxylic acid groups (broad SMARTS) is 1. The lowest BCUT2D eigenvalue weighted by Crippen LogP contribution is -2.63. The van der Waals surface area contributed by atoms with Crippen molar-refractivity contribution in [2.75, 3.05) is 13.1 Å². The molecule has 0 aliphatic carbocycles. The molecule has 1 aliphatic heterocycles. The average Bonchev–Trinajstić information content (AvgIpc) is 2.12. The van der Waals surface area contributed by atoms with E-state index in [0.29, 0.717) is 13.1 Å². The van der Waals surface area contributed by atoms with Gasteiger partial charge >= 0.3 is 12.0 Å². The number of likely N-dealkylation sites (tertiary alicyclic amines) is 1. The third-order valence-electron chi connectivity index (χ3n) is 2.97. The Bertz CT molecular complexity index is 285. The zero-order valence-electron chi connectivity index (χ0n) is 10.1. The minimum atomic E-state index is -0.835. The Morgan fingerprint density at radius 1 is 1.50 bits per heavy atom. The second-order valence-electron chi connectivity index (χ2n) is 4.86. The molecule has 1 saturated heterocycles. The number of hydrogen-bond donors (Lipinski definition) is 2. The van der Waals surface area contributed by atoms with Crippen molar-refractivity contribution >= 4 is 12.0 Å². The van der Waals surface area contributed by atoms with Gasteiger partial charge in [-0.3, -0.25) is 4.79 Å². The molecule has 16 heavy (non-hydrogen) atoms. The Kier molecular flexibility index (Phi) is 3.78. The smallest absolute Gasteiger partial charge is 0.317 e. The van der Waals surface area contributed by atoms with Crippen molar-refractivity contribution < 1.29 is 14.7 Å². The molecule has 0 radical (unpaired) electrons. The third kappa shape index (κ3) is 2.65. The van der Waals surface area contributed by atoms with E-state index in [-0.39, 0.29) is 12.1 Å². The van der Waals surface area contributed by atoms with Crippen molar-refractivity contribution in [2.45, 2.75) is 39.7 Å². The van der Waals surface area contributed by atoms with Crippen LogP contribution in [0.2, 0.25) is 0 Å². The number of urea groups is 1. The van der Waals surface area contributed by atoms with Crippen LogP contribution in [-0.4, -0.2) is 41.1 Å². The van der Waals surface area contributed by atoms with Crippen molar-refractivity contribution in [3.63, 3.8) is 0 Å². The number of carbonyl (C=O) groups is 2. The first-order valence-corrected chi connectivity index (χ1v) is 5.68. The molecule has 92 valence electrons. The summed E-state index contributed by atoms with van der Waals surface area (Å²) in [6.07, 6.45) is 1.96. The summed E-state index contributed by atoms with van der Waals surface area (Å²) in [4.78, 5) is 24.0. The molecule has 0 aromatic rings. The fourth-order valence-electron chi connectivity index (χ4n) is 1.88. The minimum absolute atomic E-state index is 0.147. The van der Waals surface area contributed by atoms with Crippen LogP contribution in [-0.2, 0) is 4.79 Å². The standard InChI is InChI=1S/C11H20N2O3/c1-4-5-8(2)12-10(16)13-6-11(3,7-13)9(14)15/h8H,4-7H2,1-3H3,(H,12,16)(H,14,15)/t8-/m1/s1. The van der Waals surface area contributed by atoms with Gasteiger partial charge in [0.25, 0.3) is 0 Å². The summed E-state index contributed by atoms with van der Waals surface area (Å²) in [6.45, 7) is 6.28. The molecule has 2 N–H and O–H groups in total. The van der Waals surface area contributed by atoms with Gasteiger partial charge < -0.3 is 15.3 Å². The SMILES string of the molecule is CCC[C@@H](C)NC(=O)N1CC(C)(C(=O)O)C1. The van der Waals surface area contributed by atoms with Crippen LogP contribution < -0.4 is 5.32 Å². The zero-order valence-corrected chi connectivity index (χ0v) is 10.1. The molecule has 5 heteroatoms. The highest BCUT2D eigenvalue weighted by atomic mass is 16.4. The second kappa shape index (κ2) is 4.72. The molecule has 1 fully saturated rings. The number of nitrogens with one attached hydrogen (secondary N) is 1. The predicted octanol–water partition coefficient (Wildman–Crippen LogP) is 1.29. The van der Waals surface area contributed by atoms with Crippen LogP contribution in [0.25, 0.3) is 0 Å². The van der Waals surface area contributed by atoms with Gasteiger partial charge in [-0.05, 0) is 20.3 Å². The minimum Gasteiger partial charge on any atom is -0.481 e. The zero-order chi connectivity index (χ0) is 12.3. The number of rotatable bonds is 4. The Labute approximate surface area is 95.8 Å². The highest BCUT2D eigenvalue weighted by Crippen LogP contribution is 2.29. The van der Waals surface area contributed by atoms with Gasteiger partial charge in [0, 0.05) is 19.1 Å². The van der Waals surface area contributed by atoms with E-state index in [0.717, 1.165) is 12.8 Å². The summed E-state index contributed by atoms with van der Waals surface area (Å²) in [5, 5.41) is 11.8. The molecule has 0 spiro atoms. The third-order valence-corrected chi connectivity index (χ3v) is 2.97. The van der Waals surface area contributed by atoms with Gasteiger partial charge in [0.1, 0.15) is 5.41 Å². The molecular formula is C11H20N2O3.